The maximum Gasteiger partial charge on any atom is 0.157 e. The lowest BCUT2D eigenvalue weighted by Gasteiger charge is -2.08. The van der Waals surface area contributed by atoms with Crippen molar-refractivity contribution in [3.05, 3.63) is 42.0 Å². The fraction of sp³-hybridized carbons (Fsp3) is 0.286. The summed E-state index contributed by atoms with van der Waals surface area (Å²) in [6.07, 6.45) is 0. The monoisotopic (exact) mass is 293 g/mol. The molecule has 4 nitrogen and oxygen atoms in total. The number of hydrogen-bond donors (Lipinski definition) is 1. The first-order valence-electron chi connectivity index (χ1n) is 6.26. The Kier molecular flexibility index (Phi) is 5.31. The van der Waals surface area contributed by atoms with Crippen LogP contribution in [-0.4, -0.2) is 23.6 Å². The van der Waals surface area contributed by atoms with Crippen molar-refractivity contribution in [3.8, 4) is 0 Å². The van der Waals surface area contributed by atoms with Gasteiger partial charge in [0.15, 0.2) is 5.82 Å². The van der Waals surface area contributed by atoms with Gasteiger partial charge in [0.25, 0.3) is 0 Å². The maximum atomic E-state index is 13.7. The highest BCUT2D eigenvalue weighted by molar-refractivity contribution is 7.99. The van der Waals surface area contributed by atoms with Crippen molar-refractivity contribution in [1.82, 2.24) is 9.97 Å². The molecule has 1 aromatic heterocycles. The van der Waals surface area contributed by atoms with Crippen molar-refractivity contribution in [1.29, 1.82) is 0 Å². The second-order valence-electron chi connectivity index (χ2n) is 4.00. The van der Waals surface area contributed by atoms with Gasteiger partial charge < -0.3 is 10.1 Å². The second kappa shape index (κ2) is 7.21. The van der Waals surface area contributed by atoms with E-state index in [0.717, 1.165) is 6.54 Å². The van der Waals surface area contributed by atoms with Crippen LogP contribution in [-0.2, 0) is 11.3 Å². The highest BCUT2D eigenvalue weighted by atomic mass is 32.2. The van der Waals surface area contributed by atoms with Gasteiger partial charge in [0.05, 0.1) is 0 Å². The highest BCUT2D eigenvalue weighted by Crippen LogP contribution is 2.29. The Labute approximate surface area is 121 Å². The van der Waals surface area contributed by atoms with E-state index < -0.39 is 0 Å². The predicted molar refractivity (Wildman–Crippen MR) is 77.4 cm³/mol. The van der Waals surface area contributed by atoms with E-state index in [1.807, 2.05) is 6.92 Å². The van der Waals surface area contributed by atoms with Gasteiger partial charge in [-0.15, -0.1) is 0 Å². The molecule has 0 bridgehead atoms. The van der Waals surface area contributed by atoms with E-state index >= 15 is 0 Å². The number of ether oxygens (including phenoxy) is 1. The summed E-state index contributed by atoms with van der Waals surface area (Å²) < 4.78 is 18.7. The number of rotatable bonds is 6. The van der Waals surface area contributed by atoms with Crippen molar-refractivity contribution in [2.75, 3.05) is 19.0 Å². The number of benzene rings is 1. The van der Waals surface area contributed by atoms with E-state index in [0.29, 0.717) is 28.2 Å². The molecule has 0 amide bonds. The van der Waals surface area contributed by atoms with Gasteiger partial charge in [-0.1, -0.05) is 23.9 Å². The summed E-state index contributed by atoms with van der Waals surface area (Å²) in [6, 6.07) is 8.43. The maximum absolute atomic E-state index is 13.7. The molecule has 0 saturated heterocycles. The molecule has 0 radical (unpaired) electrons. The molecule has 0 saturated carbocycles. The molecule has 0 fully saturated rings. The van der Waals surface area contributed by atoms with Gasteiger partial charge >= 0.3 is 0 Å². The first kappa shape index (κ1) is 14.7. The van der Waals surface area contributed by atoms with Crippen LogP contribution >= 0.6 is 11.8 Å². The van der Waals surface area contributed by atoms with Crippen molar-refractivity contribution >= 4 is 17.6 Å². The predicted octanol–water partition coefficient (Wildman–Crippen LogP) is 3.35. The van der Waals surface area contributed by atoms with Gasteiger partial charge in [-0.05, 0) is 19.1 Å². The van der Waals surface area contributed by atoms with Crippen LogP contribution in [0.25, 0.3) is 0 Å². The van der Waals surface area contributed by atoms with E-state index in [9.17, 15) is 4.39 Å². The number of methoxy groups -OCH3 is 1. The van der Waals surface area contributed by atoms with E-state index in [1.54, 1.807) is 31.4 Å². The van der Waals surface area contributed by atoms with Gasteiger partial charge in [0, 0.05) is 24.6 Å². The molecule has 6 heteroatoms. The summed E-state index contributed by atoms with van der Waals surface area (Å²) in [4.78, 5) is 9.22. The van der Waals surface area contributed by atoms with E-state index in [-0.39, 0.29) is 5.82 Å². The van der Waals surface area contributed by atoms with Crippen molar-refractivity contribution in [2.24, 2.45) is 0 Å². The van der Waals surface area contributed by atoms with Gasteiger partial charge in [0.1, 0.15) is 23.3 Å². The van der Waals surface area contributed by atoms with Crippen LogP contribution in [0.1, 0.15) is 12.7 Å². The quantitative estimate of drug-likeness (QED) is 0.828. The molecule has 1 aromatic carbocycles. The average molecular weight is 293 g/mol. The molecule has 2 rings (SSSR count). The third kappa shape index (κ3) is 3.91. The number of hydrogen-bond acceptors (Lipinski definition) is 5. The number of nitrogens with one attached hydrogen (secondary N) is 1. The zero-order valence-corrected chi connectivity index (χ0v) is 12.2. The Morgan fingerprint density at radius 3 is 2.80 bits per heavy atom. The first-order valence-corrected chi connectivity index (χ1v) is 7.07. The lowest BCUT2D eigenvalue weighted by Crippen LogP contribution is -2.05. The Bertz CT molecular complexity index is 556. The largest absolute Gasteiger partial charge is 0.377 e. The summed E-state index contributed by atoms with van der Waals surface area (Å²) >= 11 is 1.27. The van der Waals surface area contributed by atoms with Crippen LogP contribution in [0.5, 0.6) is 0 Å². The van der Waals surface area contributed by atoms with E-state index in [4.69, 9.17) is 4.74 Å². The van der Waals surface area contributed by atoms with Gasteiger partial charge in [-0.3, -0.25) is 0 Å². The number of anilines is 1. The smallest absolute Gasteiger partial charge is 0.157 e. The van der Waals surface area contributed by atoms with Crippen molar-refractivity contribution < 1.29 is 9.13 Å². The molecule has 0 atom stereocenters. The fourth-order valence-corrected chi connectivity index (χ4v) is 2.49. The minimum Gasteiger partial charge on any atom is -0.377 e. The Hall–Kier alpha value is -1.66. The number of aromatic nitrogens is 2. The van der Waals surface area contributed by atoms with Gasteiger partial charge in [-0.2, -0.15) is 0 Å². The Balaban J connectivity index is 2.28. The normalized spacial score (nSPS) is 10.6. The standard InChI is InChI=1S/C14H16FN3OS/c1-3-16-12-8-14(18-13(17-12)9-19-2)20-11-7-5-4-6-10(11)15/h4-8H,3,9H2,1-2H3,(H,16,17,18). The average Bonchev–Trinajstić information content (AvgIpc) is 2.42. The summed E-state index contributed by atoms with van der Waals surface area (Å²) in [7, 11) is 1.59. The molecule has 2 aromatic rings. The van der Waals surface area contributed by atoms with Crippen molar-refractivity contribution in [2.45, 2.75) is 23.5 Å². The lowest BCUT2D eigenvalue weighted by atomic mass is 10.3. The molecule has 0 unspecified atom stereocenters. The van der Waals surface area contributed by atoms with Crippen LogP contribution in [0, 0.1) is 5.82 Å². The molecule has 0 aliphatic heterocycles. The first-order chi connectivity index (χ1) is 9.72. The topological polar surface area (TPSA) is 47.0 Å². The summed E-state index contributed by atoms with van der Waals surface area (Å²) in [6.45, 7) is 3.07. The molecule has 1 heterocycles. The second-order valence-corrected chi connectivity index (χ2v) is 5.07. The Morgan fingerprint density at radius 1 is 1.30 bits per heavy atom. The molecular formula is C14H16FN3OS. The third-order valence-corrected chi connectivity index (χ3v) is 3.40. The molecule has 20 heavy (non-hydrogen) atoms. The molecule has 0 aliphatic carbocycles. The zero-order chi connectivity index (χ0) is 14.4. The van der Waals surface area contributed by atoms with Crippen LogP contribution in [0.2, 0.25) is 0 Å². The minimum atomic E-state index is -0.255. The SMILES string of the molecule is CCNc1cc(Sc2ccccc2F)nc(COC)n1. The van der Waals surface area contributed by atoms with E-state index in [1.165, 1.54) is 17.8 Å². The van der Waals surface area contributed by atoms with Crippen LogP contribution < -0.4 is 5.32 Å². The minimum absolute atomic E-state index is 0.255. The number of nitrogens with zero attached hydrogens (tertiary/aromatic N) is 2. The van der Waals surface area contributed by atoms with Crippen LogP contribution in [0.15, 0.2) is 40.3 Å². The highest BCUT2D eigenvalue weighted by Gasteiger charge is 2.08. The summed E-state index contributed by atoms with van der Waals surface area (Å²) in [5.41, 5.74) is 0. The van der Waals surface area contributed by atoms with E-state index in [2.05, 4.69) is 15.3 Å². The fourth-order valence-electron chi connectivity index (χ4n) is 1.63. The third-order valence-electron chi connectivity index (χ3n) is 2.43. The lowest BCUT2D eigenvalue weighted by molar-refractivity contribution is 0.177. The summed E-state index contributed by atoms with van der Waals surface area (Å²) in [5.74, 6) is 1.03. The molecular weight excluding hydrogens is 277 g/mol. The molecule has 0 spiro atoms. The molecule has 106 valence electrons. The molecule has 1 N–H and O–H groups in total. The van der Waals surface area contributed by atoms with Crippen LogP contribution in [0.4, 0.5) is 10.2 Å². The molecule has 0 aliphatic rings. The Morgan fingerprint density at radius 2 is 2.10 bits per heavy atom. The summed E-state index contributed by atoms with van der Waals surface area (Å²) in [5, 5.41) is 3.82. The zero-order valence-electron chi connectivity index (χ0n) is 11.4. The van der Waals surface area contributed by atoms with Gasteiger partial charge in [0.2, 0.25) is 0 Å². The van der Waals surface area contributed by atoms with Gasteiger partial charge in [-0.25, -0.2) is 14.4 Å². The van der Waals surface area contributed by atoms with Crippen molar-refractivity contribution in [3.63, 3.8) is 0 Å². The number of halogens is 1. The van der Waals surface area contributed by atoms with Crippen LogP contribution in [0.3, 0.4) is 0 Å².